The van der Waals surface area contributed by atoms with Crippen molar-refractivity contribution in [1.29, 1.82) is 0 Å². The second-order valence-corrected chi connectivity index (χ2v) is 5.42. The van der Waals surface area contributed by atoms with Crippen LogP contribution in [0.4, 0.5) is 24.5 Å². The van der Waals surface area contributed by atoms with E-state index in [1.165, 1.54) is 35.2 Å². The van der Waals surface area contributed by atoms with Crippen molar-refractivity contribution in [3.8, 4) is 0 Å². The van der Waals surface area contributed by atoms with Gasteiger partial charge in [0.1, 0.15) is 0 Å². The molecule has 2 rings (SSSR count). The third kappa shape index (κ3) is 4.17. The number of carbonyl (C=O) groups is 1. The van der Waals surface area contributed by atoms with Crippen LogP contribution >= 0.6 is 11.8 Å². The van der Waals surface area contributed by atoms with Gasteiger partial charge >= 0.3 is 5.51 Å². The van der Waals surface area contributed by atoms with E-state index in [0.29, 0.717) is 11.4 Å². The van der Waals surface area contributed by atoms with Crippen LogP contribution in [0.15, 0.2) is 59.8 Å². The van der Waals surface area contributed by atoms with E-state index in [4.69, 9.17) is 0 Å². The molecule has 1 aromatic heterocycles. The summed E-state index contributed by atoms with van der Waals surface area (Å²) in [6, 6.07) is 7.37. The fourth-order valence-corrected chi connectivity index (χ4v) is 2.41. The van der Waals surface area contributed by atoms with E-state index in [9.17, 15) is 18.0 Å². The van der Waals surface area contributed by atoms with E-state index in [-0.39, 0.29) is 22.6 Å². The van der Waals surface area contributed by atoms with Crippen LogP contribution < -0.4 is 4.90 Å². The number of hydrogen-bond donors (Lipinski definition) is 1. The van der Waals surface area contributed by atoms with Crippen molar-refractivity contribution in [3.63, 3.8) is 0 Å². The van der Waals surface area contributed by atoms with Gasteiger partial charge in [-0.1, -0.05) is 6.08 Å². The van der Waals surface area contributed by atoms with Crippen molar-refractivity contribution in [2.24, 2.45) is 0 Å². The lowest BCUT2D eigenvalue weighted by molar-refractivity contribution is -0.113. The Morgan fingerprint density at radius 1 is 1.18 bits per heavy atom. The lowest BCUT2D eigenvalue weighted by atomic mass is 10.2. The summed E-state index contributed by atoms with van der Waals surface area (Å²) in [5.41, 5.74) is -3.23. The Labute approximate surface area is 129 Å². The van der Waals surface area contributed by atoms with Crippen molar-refractivity contribution in [2.45, 2.75) is 17.3 Å². The summed E-state index contributed by atoms with van der Waals surface area (Å²) in [7, 11) is 0. The monoisotopic (exact) mass is 326 g/mol. The summed E-state index contributed by atoms with van der Waals surface area (Å²) in [6.07, 6.45) is 6.31. The van der Waals surface area contributed by atoms with Gasteiger partial charge in [0, 0.05) is 23.0 Å². The molecule has 0 radical (unpaired) electrons. The average molecular weight is 326 g/mol. The number of halogens is 3. The predicted octanol–water partition coefficient (Wildman–Crippen LogP) is 4.87. The van der Waals surface area contributed by atoms with Crippen LogP contribution in [-0.2, 0) is 4.79 Å². The number of thioether (sulfide) groups is 1. The molecule has 0 aliphatic carbocycles. The number of allylic oxidation sites excluding steroid dienone is 1. The molecule has 0 unspecified atom stereocenters. The van der Waals surface area contributed by atoms with Gasteiger partial charge in [-0.25, -0.2) is 0 Å². The van der Waals surface area contributed by atoms with E-state index in [0.717, 1.165) is 0 Å². The van der Waals surface area contributed by atoms with Gasteiger partial charge in [-0.15, -0.1) is 0 Å². The number of alkyl halides is 3. The van der Waals surface area contributed by atoms with Crippen molar-refractivity contribution in [1.82, 2.24) is 4.98 Å². The maximum absolute atomic E-state index is 12.3. The van der Waals surface area contributed by atoms with E-state index in [1.807, 2.05) is 0 Å². The molecule has 0 bridgehead atoms. The smallest absolute Gasteiger partial charge is 0.366 e. The van der Waals surface area contributed by atoms with Crippen LogP contribution in [0.2, 0.25) is 0 Å². The van der Waals surface area contributed by atoms with Crippen LogP contribution in [0.25, 0.3) is 0 Å². The largest absolute Gasteiger partial charge is 0.446 e. The van der Waals surface area contributed by atoms with Crippen LogP contribution in [-0.4, -0.2) is 16.4 Å². The first kappa shape index (κ1) is 16.2. The maximum Gasteiger partial charge on any atom is 0.446 e. The van der Waals surface area contributed by atoms with Gasteiger partial charge in [0.25, 0.3) is 5.91 Å². The molecule has 1 N–H and O–H groups in total. The zero-order chi connectivity index (χ0) is 16.2. The van der Waals surface area contributed by atoms with E-state index >= 15 is 0 Å². The zero-order valence-electron chi connectivity index (χ0n) is 11.6. The molecular weight excluding hydrogens is 313 g/mol. The minimum absolute atomic E-state index is 0.0729. The molecule has 0 spiro atoms. The summed E-state index contributed by atoms with van der Waals surface area (Å²) < 4.78 is 37.0. The number of nitrogens with one attached hydrogen (secondary N) is 1. The van der Waals surface area contributed by atoms with Crippen LogP contribution in [0.5, 0.6) is 0 Å². The molecule has 0 saturated carbocycles. The van der Waals surface area contributed by atoms with Crippen molar-refractivity contribution in [3.05, 3.63) is 54.9 Å². The number of amides is 1. The molecular formula is C15H13F3N2OS. The molecule has 3 nitrogen and oxygen atoms in total. The lowest BCUT2D eigenvalue weighted by Crippen LogP contribution is -2.23. The highest BCUT2D eigenvalue weighted by Gasteiger charge is 2.29. The minimum Gasteiger partial charge on any atom is -0.366 e. The third-order valence-electron chi connectivity index (χ3n) is 2.70. The molecule has 0 fully saturated rings. The Balaban J connectivity index is 2.31. The van der Waals surface area contributed by atoms with Crippen LogP contribution in [0, 0.1) is 0 Å². The summed E-state index contributed by atoms with van der Waals surface area (Å²) in [4.78, 5) is 16.5. The molecule has 1 heterocycles. The number of rotatable bonds is 4. The topological polar surface area (TPSA) is 36.1 Å². The average Bonchev–Trinajstić information content (AvgIpc) is 2.93. The quantitative estimate of drug-likeness (QED) is 0.643. The number of benzene rings is 1. The highest BCUT2D eigenvalue weighted by molar-refractivity contribution is 8.00. The first-order valence-electron chi connectivity index (χ1n) is 6.36. The molecule has 116 valence electrons. The normalized spacial score (nSPS) is 11.8. The van der Waals surface area contributed by atoms with Gasteiger partial charge in [-0.05, 0) is 55.1 Å². The minimum atomic E-state index is -4.33. The fraction of sp³-hybridized carbons (Fsp3) is 0.133. The lowest BCUT2D eigenvalue weighted by Gasteiger charge is -2.20. The van der Waals surface area contributed by atoms with Gasteiger partial charge in [0.15, 0.2) is 0 Å². The number of carbonyl (C=O) groups excluding carboxylic acids is 1. The Morgan fingerprint density at radius 3 is 2.36 bits per heavy atom. The number of hydrogen-bond acceptors (Lipinski definition) is 2. The third-order valence-corrected chi connectivity index (χ3v) is 3.44. The molecule has 0 atom stereocenters. The van der Waals surface area contributed by atoms with Gasteiger partial charge in [0.05, 0.1) is 5.69 Å². The highest BCUT2D eigenvalue weighted by atomic mass is 32.2. The molecule has 0 saturated heterocycles. The van der Waals surface area contributed by atoms with Gasteiger partial charge < -0.3 is 4.98 Å². The number of aromatic nitrogens is 1. The summed E-state index contributed by atoms with van der Waals surface area (Å²) >= 11 is -0.186. The summed E-state index contributed by atoms with van der Waals surface area (Å²) in [6.45, 7) is 1.72. The predicted molar refractivity (Wildman–Crippen MR) is 81.1 cm³/mol. The zero-order valence-corrected chi connectivity index (χ0v) is 12.4. The second-order valence-electron chi connectivity index (χ2n) is 4.28. The summed E-state index contributed by atoms with van der Waals surface area (Å²) in [5, 5.41) is 0. The molecule has 2 aromatic rings. The van der Waals surface area contributed by atoms with Gasteiger partial charge in [0.2, 0.25) is 0 Å². The molecule has 7 heteroatoms. The SMILES string of the molecule is CC=CC(=O)N(c1ccc(SC(F)(F)F)cc1)c1cc[nH]c1. The van der Waals surface area contributed by atoms with E-state index in [1.54, 1.807) is 31.5 Å². The Morgan fingerprint density at radius 2 is 1.86 bits per heavy atom. The first-order chi connectivity index (χ1) is 10.4. The van der Waals surface area contributed by atoms with Gasteiger partial charge in [-0.3, -0.25) is 9.69 Å². The van der Waals surface area contributed by atoms with Crippen molar-refractivity contribution >= 4 is 29.0 Å². The molecule has 1 amide bonds. The maximum atomic E-state index is 12.3. The standard InChI is InChI=1S/C15H13F3N2OS/c1-2-3-14(21)20(12-8-9-19-10-12)11-4-6-13(7-5-11)22-15(16,17)18/h2-10,19H,1H3. The number of anilines is 2. The fourth-order valence-electron chi connectivity index (χ4n) is 1.87. The van der Waals surface area contributed by atoms with Crippen molar-refractivity contribution in [2.75, 3.05) is 4.90 Å². The second kappa shape index (κ2) is 6.74. The van der Waals surface area contributed by atoms with Gasteiger partial charge in [-0.2, -0.15) is 13.2 Å². The molecule has 22 heavy (non-hydrogen) atoms. The molecule has 0 aliphatic rings. The molecule has 0 aliphatic heterocycles. The van der Waals surface area contributed by atoms with Crippen LogP contribution in [0.1, 0.15) is 6.92 Å². The number of aromatic amines is 1. The number of nitrogens with zero attached hydrogens (tertiary/aromatic N) is 1. The number of H-pyrrole nitrogens is 1. The summed E-state index contributed by atoms with van der Waals surface area (Å²) in [5.74, 6) is -0.279. The highest BCUT2D eigenvalue weighted by Crippen LogP contribution is 2.37. The Bertz CT molecular complexity index is 648. The Kier molecular flexibility index (Phi) is 4.97. The molecule has 1 aromatic carbocycles. The van der Waals surface area contributed by atoms with Crippen LogP contribution in [0.3, 0.4) is 0 Å². The van der Waals surface area contributed by atoms with E-state index in [2.05, 4.69) is 4.98 Å². The van der Waals surface area contributed by atoms with Crippen molar-refractivity contribution < 1.29 is 18.0 Å². The first-order valence-corrected chi connectivity index (χ1v) is 7.18. The van der Waals surface area contributed by atoms with E-state index < -0.39 is 5.51 Å². The Hall–Kier alpha value is -2.15.